The Morgan fingerprint density at radius 3 is 2.35 bits per heavy atom. The van der Waals surface area contributed by atoms with Crippen LogP contribution in [0.25, 0.3) is 0 Å². The third kappa shape index (κ3) is 5.49. The lowest BCUT2D eigenvalue weighted by Gasteiger charge is -2.36. The van der Waals surface area contributed by atoms with Crippen LogP contribution in [-0.4, -0.2) is 79.6 Å². The highest BCUT2D eigenvalue weighted by molar-refractivity contribution is 5.85. The molecule has 2 aliphatic heterocycles. The van der Waals surface area contributed by atoms with E-state index in [0.29, 0.717) is 6.54 Å². The number of anilines is 1. The monoisotopic (exact) mass is 361 g/mol. The second-order valence-electron chi connectivity index (χ2n) is 5.58. The summed E-state index contributed by atoms with van der Waals surface area (Å²) in [6.45, 7) is 7.79. The summed E-state index contributed by atoms with van der Waals surface area (Å²) in [4.78, 5) is 23.1. The minimum Gasteiger partial charge on any atom is -0.354 e. The summed E-state index contributed by atoms with van der Waals surface area (Å²) in [5.74, 6) is 1.30. The number of hydrogen-bond acceptors (Lipinski definition) is 5. The number of carbonyl (C=O) groups is 1. The molecule has 0 atom stereocenters. The van der Waals surface area contributed by atoms with Gasteiger partial charge in [0, 0.05) is 58.6 Å². The average molecular weight is 362 g/mol. The minimum atomic E-state index is 0. The Morgan fingerprint density at radius 2 is 1.74 bits per heavy atom. The molecule has 1 N–H and O–H groups in total. The smallest absolute Gasteiger partial charge is 0.236 e. The molecular weight excluding hydrogens is 337 g/mol. The minimum absolute atomic E-state index is 0. The molecule has 0 bridgehead atoms. The fraction of sp³-hybridized carbons (Fsp3) is 0.600. The highest BCUT2D eigenvalue weighted by atomic mass is 35.5. The van der Waals surface area contributed by atoms with Gasteiger partial charge in [0.05, 0.1) is 6.54 Å². The van der Waals surface area contributed by atoms with E-state index >= 15 is 0 Å². The van der Waals surface area contributed by atoms with Crippen LogP contribution in [0.3, 0.4) is 0 Å². The van der Waals surface area contributed by atoms with Crippen LogP contribution in [0, 0.1) is 0 Å². The van der Waals surface area contributed by atoms with E-state index in [4.69, 9.17) is 0 Å². The molecule has 1 aromatic heterocycles. The molecule has 0 unspecified atom stereocenters. The highest BCUT2D eigenvalue weighted by Crippen LogP contribution is 2.12. The molecule has 0 aliphatic carbocycles. The van der Waals surface area contributed by atoms with Gasteiger partial charge in [0.1, 0.15) is 5.82 Å². The third-order valence-electron chi connectivity index (χ3n) is 4.17. The Hall–Kier alpha value is -1.08. The predicted octanol–water partition coefficient (Wildman–Crippen LogP) is 0.479. The van der Waals surface area contributed by atoms with E-state index in [1.165, 1.54) is 0 Å². The number of hydrogen-bond donors (Lipinski definition) is 1. The lowest BCUT2D eigenvalue weighted by Crippen LogP contribution is -2.53. The van der Waals surface area contributed by atoms with Gasteiger partial charge in [0.15, 0.2) is 0 Å². The first-order valence-corrected chi connectivity index (χ1v) is 7.70. The summed E-state index contributed by atoms with van der Waals surface area (Å²) in [7, 11) is 0. The van der Waals surface area contributed by atoms with Crippen LogP contribution in [0.15, 0.2) is 24.4 Å². The molecule has 3 heterocycles. The highest BCUT2D eigenvalue weighted by Gasteiger charge is 2.22. The third-order valence-corrected chi connectivity index (χ3v) is 4.17. The maximum Gasteiger partial charge on any atom is 0.236 e. The molecule has 0 aromatic carbocycles. The topological polar surface area (TPSA) is 51.7 Å². The fourth-order valence-electron chi connectivity index (χ4n) is 2.88. The average Bonchev–Trinajstić information content (AvgIpc) is 2.57. The first kappa shape index (κ1) is 20.0. The normalized spacial score (nSPS) is 18.8. The van der Waals surface area contributed by atoms with Crippen molar-refractivity contribution < 1.29 is 4.79 Å². The Kier molecular flexibility index (Phi) is 8.62. The van der Waals surface area contributed by atoms with Crippen LogP contribution >= 0.6 is 24.8 Å². The number of pyridine rings is 1. The summed E-state index contributed by atoms with van der Waals surface area (Å²) in [5.41, 5.74) is 0. The van der Waals surface area contributed by atoms with Crippen molar-refractivity contribution in [2.45, 2.75) is 0 Å². The maximum absolute atomic E-state index is 12.2. The summed E-state index contributed by atoms with van der Waals surface area (Å²) < 4.78 is 0. The molecule has 2 aliphatic rings. The van der Waals surface area contributed by atoms with Crippen molar-refractivity contribution in [1.29, 1.82) is 0 Å². The van der Waals surface area contributed by atoms with Crippen molar-refractivity contribution in [2.24, 2.45) is 0 Å². The molecule has 3 rings (SSSR count). The molecule has 23 heavy (non-hydrogen) atoms. The van der Waals surface area contributed by atoms with E-state index < -0.39 is 0 Å². The SMILES string of the molecule is Cl.Cl.O=C(CN1CCN(c2ccccn2)CC1)N1CCNCC1. The van der Waals surface area contributed by atoms with E-state index in [2.05, 4.69) is 20.1 Å². The molecule has 8 heteroatoms. The molecule has 0 radical (unpaired) electrons. The molecular formula is C15H25Cl2N5O. The summed E-state index contributed by atoms with van der Waals surface area (Å²) in [6.07, 6.45) is 1.83. The van der Waals surface area contributed by atoms with Gasteiger partial charge in [-0.05, 0) is 12.1 Å². The quantitative estimate of drug-likeness (QED) is 0.848. The van der Waals surface area contributed by atoms with Crippen LogP contribution in [0.2, 0.25) is 0 Å². The zero-order valence-electron chi connectivity index (χ0n) is 13.2. The zero-order valence-corrected chi connectivity index (χ0v) is 14.8. The van der Waals surface area contributed by atoms with Gasteiger partial charge < -0.3 is 15.1 Å². The molecule has 2 saturated heterocycles. The standard InChI is InChI=1S/C15H23N5O.2ClH/c21-15(20-7-5-16-6-8-20)13-18-9-11-19(12-10-18)14-3-1-2-4-17-14;;/h1-4,16H,5-13H2;2*1H. The Balaban J connectivity index is 0.00000132. The number of nitrogens with zero attached hydrogens (tertiary/aromatic N) is 4. The first-order chi connectivity index (χ1) is 10.3. The molecule has 130 valence electrons. The fourth-order valence-corrected chi connectivity index (χ4v) is 2.88. The Bertz CT molecular complexity index is 462. The Morgan fingerprint density at radius 1 is 1.04 bits per heavy atom. The largest absolute Gasteiger partial charge is 0.354 e. The second kappa shape index (κ2) is 9.93. The van der Waals surface area contributed by atoms with Gasteiger partial charge in [0.25, 0.3) is 0 Å². The molecule has 1 aromatic rings. The molecule has 0 saturated carbocycles. The number of piperazine rings is 2. The van der Waals surface area contributed by atoms with Crippen LogP contribution in [0.4, 0.5) is 5.82 Å². The number of nitrogens with one attached hydrogen (secondary N) is 1. The lowest BCUT2D eigenvalue weighted by molar-refractivity contribution is -0.133. The van der Waals surface area contributed by atoms with Gasteiger partial charge in [-0.3, -0.25) is 9.69 Å². The van der Waals surface area contributed by atoms with Crippen molar-refractivity contribution in [3.05, 3.63) is 24.4 Å². The number of rotatable bonds is 3. The van der Waals surface area contributed by atoms with Gasteiger partial charge in [-0.15, -0.1) is 24.8 Å². The van der Waals surface area contributed by atoms with E-state index in [-0.39, 0.29) is 30.7 Å². The zero-order chi connectivity index (χ0) is 14.5. The van der Waals surface area contributed by atoms with Crippen LogP contribution in [0.5, 0.6) is 0 Å². The van der Waals surface area contributed by atoms with E-state index in [9.17, 15) is 4.79 Å². The van der Waals surface area contributed by atoms with Gasteiger partial charge in [0.2, 0.25) is 5.91 Å². The van der Waals surface area contributed by atoms with E-state index in [0.717, 1.165) is 58.2 Å². The predicted molar refractivity (Wildman–Crippen MR) is 96.8 cm³/mol. The van der Waals surface area contributed by atoms with Crippen molar-refractivity contribution in [3.63, 3.8) is 0 Å². The van der Waals surface area contributed by atoms with Crippen molar-refractivity contribution in [1.82, 2.24) is 20.1 Å². The second-order valence-corrected chi connectivity index (χ2v) is 5.58. The van der Waals surface area contributed by atoms with Crippen molar-refractivity contribution in [2.75, 3.05) is 63.8 Å². The number of halogens is 2. The van der Waals surface area contributed by atoms with Gasteiger partial charge in [-0.25, -0.2) is 4.98 Å². The number of amides is 1. The molecule has 1 amide bonds. The summed E-state index contributed by atoms with van der Waals surface area (Å²) in [5, 5.41) is 3.28. The van der Waals surface area contributed by atoms with Gasteiger partial charge >= 0.3 is 0 Å². The summed E-state index contributed by atoms with van der Waals surface area (Å²) in [6, 6.07) is 6.00. The van der Waals surface area contributed by atoms with Crippen LogP contribution in [0.1, 0.15) is 0 Å². The van der Waals surface area contributed by atoms with Gasteiger partial charge in [-0.2, -0.15) is 0 Å². The number of aromatic nitrogens is 1. The summed E-state index contributed by atoms with van der Waals surface area (Å²) >= 11 is 0. The molecule has 2 fully saturated rings. The van der Waals surface area contributed by atoms with Gasteiger partial charge in [-0.1, -0.05) is 6.07 Å². The van der Waals surface area contributed by atoms with E-state index in [1.54, 1.807) is 0 Å². The lowest BCUT2D eigenvalue weighted by atomic mass is 10.3. The maximum atomic E-state index is 12.2. The van der Waals surface area contributed by atoms with Crippen LogP contribution in [-0.2, 0) is 4.79 Å². The van der Waals surface area contributed by atoms with Crippen molar-refractivity contribution in [3.8, 4) is 0 Å². The molecule has 6 nitrogen and oxygen atoms in total. The van der Waals surface area contributed by atoms with E-state index in [1.807, 2.05) is 29.3 Å². The van der Waals surface area contributed by atoms with Crippen LogP contribution < -0.4 is 10.2 Å². The first-order valence-electron chi connectivity index (χ1n) is 7.70. The van der Waals surface area contributed by atoms with Crippen molar-refractivity contribution >= 4 is 36.5 Å². The number of carbonyl (C=O) groups excluding carboxylic acids is 1. The molecule has 0 spiro atoms. The Labute approximate surface area is 150 Å².